The SMILES string of the molecule is Cc1nn(C)c(C)c1-c1nc2nccc(-c3ccc4c(c3)CCC[C@H]4NC(=O)c3nc(C(C)(C)C)no3)c2[nH]1. The Morgan fingerprint density at radius 1 is 1.18 bits per heavy atom. The van der Waals surface area contributed by atoms with E-state index in [2.05, 4.69) is 48.7 Å². The van der Waals surface area contributed by atoms with Gasteiger partial charge in [0.1, 0.15) is 5.82 Å². The number of imidazole rings is 1. The molecule has 4 aromatic heterocycles. The molecule has 6 rings (SSSR count). The number of carbonyl (C=O) groups excluding carboxylic acids is 1. The summed E-state index contributed by atoms with van der Waals surface area (Å²) in [5.41, 5.74) is 8.68. The van der Waals surface area contributed by atoms with E-state index in [9.17, 15) is 4.79 Å². The van der Waals surface area contributed by atoms with Crippen molar-refractivity contribution in [2.24, 2.45) is 7.05 Å². The maximum Gasteiger partial charge on any atom is 0.315 e. The van der Waals surface area contributed by atoms with Gasteiger partial charge in [0, 0.05) is 29.9 Å². The third kappa shape index (κ3) is 4.39. The predicted octanol–water partition coefficient (Wildman–Crippen LogP) is 5.13. The number of H-pyrrole nitrogens is 1. The third-order valence-electron chi connectivity index (χ3n) is 7.50. The molecule has 1 atom stereocenters. The van der Waals surface area contributed by atoms with Gasteiger partial charge in [-0.3, -0.25) is 9.48 Å². The summed E-state index contributed by atoms with van der Waals surface area (Å²) in [6.07, 6.45) is 4.56. The number of aromatic amines is 1. The molecular weight excluding hydrogens is 492 g/mol. The lowest BCUT2D eigenvalue weighted by molar-refractivity contribution is 0.0888. The molecule has 0 saturated carbocycles. The zero-order valence-electron chi connectivity index (χ0n) is 23.1. The zero-order valence-corrected chi connectivity index (χ0v) is 23.1. The van der Waals surface area contributed by atoms with Crippen LogP contribution < -0.4 is 5.32 Å². The first kappa shape index (κ1) is 25.0. The van der Waals surface area contributed by atoms with Crippen LogP contribution in [0.2, 0.25) is 0 Å². The maximum atomic E-state index is 12.9. The van der Waals surface area contributed by atoms with Gasteiger partial charge in [-0.05, 0) is 55.9 Å². The minimum absolute atomic E-state index is 0.00279. The monoisotopic (exact) mass is 524 g/mol. The summed E-state index contributed by atoms with van der Waals surface area (Å²) in [7, 11) is 1.94. The molecule has 0 radical (unpaired) electrons. The number of rotatable bonds is 4. The Labute approximate surface area is 226 Å². The second-order valence-corrected chi connectivity index (χ2v) is 11.3. The van der Waals surface area contributed by atoms with Crippen LogP contribution in [-0.2, 0) is 18.9 Å². The highest BCUT2D eigenvalue weighted by Crippen LogP contribution is 2.36. The first-order valence-electron chi connectivity index (χ1n) is 13.2. The summed E-state index contributed by atoms with van der Waals surface area (Å²) in [5, 5.41) is 11.6. The number of benzene rings is 1. The Kier molecular flexibility index (Phi) is 5.85. The summed E-state index contributed by atoms with van der Waals surface area (Å²) in [4.78, 5) is 30.1. The van der Waals surface area contributed by atoms with E-state index < -0.39 is 0 Å². The largest absolute Gasteiger partial charge is 0.341 e. The molecule has 0 fully saturated rings. The van der Waals surface area contributed by atoms with Crippen molar-refractivity contribution in [1.29, 1.82) is 0 Å². The van der Waals surface area contributed by atoms with Gasteiger partial charge < -0.3 is 14.8 Å². The van der Waals surface area contributed by atoms with Gasteiger partial charge in [0.05, 0.1) is 22.8 Å². The van der Waals surface area contributed by atoms with E-state index in [0.717, 1.165) is 64.2 Å². The van der Waals surface area contributed by atoms with Gasteiger partial charge in [-0.25, -0.2) is 9.97 Å². The Hall–Kier alpha value is -4.34. The number of pyridine rings is 1. The van der Waals surface area contributed by atoms with Gasteiger partial charge in [-0.1, -0.05) is 44.1 Å². The fraction of sp³-hybridized carbons (Fsp3) is 0.379. The third-order valence-corrected chi connectivity index (χ3v) is 7.50. The molecule has 0 spiro atoms. The molecule has 1 aliphatic carbocycles. The Morgan fingerprint density at radius 3 is 2.72 bits per heavy atom. The molecular formula is C29H32N8O2. The number of aryl methyl sites for hydroxylation is 3. The second kappa shape index (κ2) is 9.14. The highest BCUT2D eigenvalue weighted by molar-refractivity contribution is 5.92. The highest BCUT2D eigenvalue weighted by atomic mass is 16.5. The van der Waals surface area contributed by atoms with Crippen LogP contribution in [0.4, 0.5) is 0 Å². The summed E-state index contributed by atoms with van der Waals surface area (Å²) in [5.74, 6) is 0.934. The van der Waals surface area contributed by atoms with Gasteiger partial charge in [0.15, 0.2) is 11.5 Å². The van der Waals surface area contributed by atoms with Crippen LogP contribution in [0, 0.1) is 13.8 Å². The van der Waals surface area contributed by atoms with Crippen molar-refractivity contribution in [3.8, 4) is 22.5 Å². The van der Waals surface area contributed by atoms with Crippen LogP contribution in [0.1, 0.15) is 78.7 Å². The zero-order chi connectivity index (χ0) is 27.5. The summed E-state index contributed by atoms with van der Waals surface area (Å²) >= 11 is 0. The molecule has 10 heteroatoms. The molecule has 0 aliphatic heterocycles. The minimum Gasteiger partial charge on any atom is -0.341 e. The molecule has 5 aromatic rings. The smallest absolute Gasteiger partial charge is 0.315 e. The van der Waals surface area contributed by atoms with Gasteiger partial charge in [0.25, 0.3) is 0 Å². The van der Waals surface area contributed by atoms with E-state index in [0.29, 0.717) is 11.5 Å². The fourth-order valence-electron chi connectivity index (χ4n) is 5.36. The molecule has 1 amide bonds. The molecule has 0 unspecified atom stereocenters. The minimum atomic E-state index is -0.346. The van der Waals surface area contributed by atoms with Gasteiger partial charge in [-0.2, -0.15) is 10.1 Å². The standard InChI is InChI=1S/C29H32N8O2/c1-15-22(16(2)37(6)35-15)24-32-23-20(12-13-30-25(23)33-24)18-10-11-19-17(14-18)8-7-9-21(19)31-26(38)27-34-28(36-39-27)29(3,4)5/h10-14,21H,7-9H2,1-6H3,(H,31,38)(H,30,32,33)/t21-/m1/s1. The van der Waals surface area contributed by atoms with Crippen molar-refractivity contribution in [3.05, 3.63) is 64.7 Å². The molecule has 10 nitrogen and oxygen atoms in total. The van der Waals surface area contributed by atoms with Crippen LogP contribution in [-0.4, -0.2) is 40.8 Å². The van der Waals surface area contributed by atoms with Crippen molar-refractivity contribution in [1.82, 2.24) is 40.2 Å². The number of nitrogens with zero attached hydrogens (tertiary/aromatic N) is 6. The van der Waals surface area contributed by atoms with E-state index >= 15 is 0 Å². The first-order valence-corrected chi connectivity index (χ1v) is 13.2. The van der Waals surface area contributed by atoms with E-state index in [1.54, 1.807) is 6.20 Å². The molecule has 1 aliphatic rings. The van der Waals surface area contributed by atoms with Gasteiger partial charge in [0.2, 0.25) is 0 Å². The van der Waals surface area contributed by atoms with E-state index in [4.69, 9.17) is 9.51 Å². The maximum absolute atomic E-state index is 12.9. The topological polar surface area (TPSA) is 127 Å². The van der Waals surface area contributed by atoms with E-state index in [1.165, 1.54) is 5.56 Å². The fourth-order valence-corrected chi connectivity index (χ4v) is 5.36. The lowest BCUT2D eigenvalue weighted by Crippen LogP contribution is -2.31. The second-order valence-electron chi connectivity index (χ2n) is 11.3. The van der Waals surface area contributed by atoms with Crippen LogP contribution in [0.25, 0.3) is 33.7 Å². The lowest BCUT2D eigenvalue weighted by atomic mass is 9.85. The van der Waals surface area contributed by atoms with Crippen LogP contribution in [0.15, 0.2) is 35.0 Å². The van der Waals surface area contributed by atoms with Crippen molar-refractivity contribution in [2.45, 2.75) is 65.3 Å². The van der Waals surface area contributed by atoms with E-state index in [-0.39, 0.29) is 23.3 Å². The highest BCUT2D eigenvalue weighted by Gasteiger charge is 2.28. The number of nitrogens with one attached hydrogen (secondary N) is 2. The van der Waals surface area contributed by atoms with Crippen LogP contribution in [0.5, 0.6) is 0 Å². The molecule has 0 bridgehead atoms. The van der Waals surface area contributed by atoms with Crippen LogP contribution in [0.3, 0.4) is 0 Å². The summed E-state index contributed by atoms with van der Waals surface area (Å²) < 4.78 is 7.12. The Bertz CT molecular complexity index is 1720. The number of carbonyl (C=O) groups is 1. The Balaban J connectivity index is 1.31. The Morgan fingerprint density at radius 2 is 2.00 bits per heavy atom. The average Bonchev–Trinajstić information content (AvgIpc) is 3.61. The molecule has 4 heterocycles. The normalized spacial score (nSPS) is 15.5. The molecule has 200 valence electrons. The van der Waals surface area contributed by atoms with Crippen molar-refractivity contribution >= 4 is 17.1 Å². The quantitative estimate of drug-likeness (QED) is 0.334. The van der Waals surface area contributed by atoms with Gasteiger partial charge in [-0.15, -0.1) is 0 Å². The average molecular weight is 525 g/mol. The number of hydrogen-bond acceptors (Lipinski definition) is 7. The summed E-state index contributed by atoms with van der Waals surface area (Å²) in [6.45, 7) is 9.98. The molecule has 39 heavy (non-hydrogen) atoms. The molecule has 1 aromatic carbocycles. The number of fused-ring (bicyclic) bond motifs is 2. The van der Waals surface area contributed by atoms with Crippen LogP contribution >= 0.6 is 0 Å². The lowest BCUT2D eigenvalue weighted by Gasteiger charge is -2.26. The van der Waals surface area contributed by atoms with Crippen molar-refractivity contribution in [2.75, 3.05) is 0 Å². The molecule has 2 N–H and O–H groups in total. The number of aromatic nitrogens is 7. The van der Waals surface area contributed by atoms with Gasteiger partial charge >= 0.3 is 11.8 Å². The predicted molar refractivity (Wildman–Crippen MR) is 147 cm³/mol. The number of hydrogen-bond donors (Lipinski definition) is 2. The van der Waals surface area contributed by atoms with Crippen molar-refractivity contribution in [3.63, 3.8) is 0 Å². The number of amides is 1. The first-order chi connectivity index (χ1) is 18.6. The van der Waals surface area contributed by atoms with Crippen molar-refractivity contribution < 1.29 is 9.32 Å². The van der Waals surface area contributed by atoms with E-state index in [1.807, 2.05) is 52.4 Å². The summed E-state index contributed by atoms with van der Waals surface area (Å²) in [6, 6.07) is 8.33. The molecule has 0 saturated heterocycles.